The first-order valence-electron chi connectivity index (χ1n) is 7.93. The van der Waals surface area contributed by atoms with Crippen LogP contribution in [0.1, 0.15) is 23.0 Å². The second kappa shape index (κ2) is 9.05. The van der Waals surface area contributed by atoms with Crippen molar-refractivity contribution in [2.45, 2.75) is 18.0 Å². The third kappa shape index (κ3) is 5.31. The minimum atomic E-state index is -4.79. The van der Waals surface area contributed by atoms with Gasteiger partial charge in [0.15, 0.2) is 15.7 Å². The summed E-state index contributed by atoms with van der Waals surface area (Å²) in [6, 6.07) is 4.52. The van der Waals surface area contributed by atoms with Crippen LogP contribution in [0.4, 0.5) is 27.6 Å². The lowest BCUT2D eigenvalue weighted by Crippen LogP contribution is -2.27. The van der Waals surface area contributed by atoms with Gasteiger partial charge in [-0.05, 0) is 18.2 Å². The highest BCUT2D eigenvalue weighted by Gasteiger charge is 2.40. The summed E-state index contributed by atoms with van der Waals surface area (Å²) in [7, 11) is -3.55. The molecule has 164 valence electrons. The van der Waals surface area contributed by atoms with Crippen molar-refractivity contribution in [3.63, 3.8) is 0 Å². The van der Waals surface area contributed by atoms with E-state index in [-0.39, 0.29) is 24.7 Å². The molecular formula is C17H16F5N3O3S2. The molecule has 0 fully saturated rings. The summed E-state index contributed by atoms with van der Waals surface area (Å²) in [6.45, 7) is 0.646. The first-order chi connectivity index (χ1) is 13.3. The Bertz CT molecular complexity index is 1110. The Labute approximate surface area is 175 Å². The first kappa shape index (κ1) is 25.4. The van der Waals surface area contributed by atoms with Crippen LogP contribution in [0.3, 0.4) is 0 Å². The Morgan fingerprint density at radius 3 is 2.43 bits per heavy atom. The van der Waals surface area contributed by atoms with Gasteiger partial charge in [0.05, 0.1) is 17.2 Å². The molecule has 1 atom stereocenters. The monoisotopic (exact) mass is 469 g/mol. The normalized spacial score (nSPS) is 12.6. The fourth-order valence-corrected chi connectivity index (χ4v) is 4.15. The summed E-state index contributed by atoms with van der Waals surface area (Å²) in [5.74, 6) is -7.12. The fourth-order valence-electron chi connectivity index (χ4n) is 2.44. The van der Waals surface area contributed by atoms with E-state index in [0.29, 0.717) is 13.1 Å². The Balaban J connectivity index is 0.00000450. The Hall–Kier alpha value is -2.59. The Kier molecular flexibility index (Phi) is 7.68. The molecule has 0 aliphatic heterocycles. The molecule has 0 bridgehead atoms. The van der Waals surface area contributed by atoms with Crippen LogP contribution in [0.2, 0.25) is 0 Å². The number of nitrogens with one attached hydrogen (secondary N) is 1. The van der Waals surface area contributed by atoms with Gasteiger partial charge in [-0.25, -0.2) is 17.2 Å². The fraction of sp³-hybridized carbons (Fsp3) is 0.294. The average Bonchev–Trinajstić information content (AvgIpc) is 2.90. The quantitative estimate of drug-likeness (QED) is 0.679. The number of alkyl halides is 3. The third-order valence-corrected chi connectivity index (χ3v) is 5.90. The molecule has 6 nitrogen and oxygen atoms in total. The number of carbonyl (C=O) groups is 1. The molecule has 1 amide bonds. The van der Waals surface area contributed by atoms with Gasteiger partial charge in [0.25, 0.3) is 5.91 Å². The topological polar surface area (TPSA) is 92.0 Å². The van der Waals surface area contributed by atoms with Gasteiger partial charge in [0, 0.05) is 18.9 Å². The molecule has 0 unspecified atom stereocenters. The number of sulfone groups is 1. The van der Waals surface area contributed by atoms with Crippen molar-refractivity contribution >= 4 is 34.9 Å². The number of hydrogen-bond donors (Lipinski definition) is 1. The smallest absolute Gasteiger partial charge is 0.343 e. The van der Waals surface area contributed by atoms with Gasteiger partial charge in [-0.2, -0.15) is 31.9 Å². The number of benzene rings is 1. The zero-order valence-electron chi connectivity index (χ0n) is 15.5. The van der Waals surface area contributed by atoms with Crippen molar-refractivity contribution in [1.82, 2.24) is 4.57 Å². The summed E-state index contributed by atoms with van der Waals surface area (Å²) >= 11 is 0. The Morgan fingerprint density at radius 1 is 1.30 bits per heavy atom. The molecule has 30 heavy (non-hydrogen) atoms. The zero-order valence-corrected chi connectivity index (χ0v) is 17.3. The maximum atomic E-state index is 14.6. The molecule has 0 aliphatic rings. The lowest BCUT2D eigenvalue weighted by molar-refractivity contribution is -0.163. The number of halogens is 5. The molecule has 1 aromatic heterocycles. The molecule has 1 heterocycles. The van der Waals surface area contributed by atoms with Crippen LogP contribution in [0, 0.1) is 28.9 Å². The number of anilines is 1. The Morgan fingerprint density at radius 2 is 1.90 bits per heavy atom. The molecule has 0 saturated carbocycles. The molecule has 13 heteroatoms. The van der Waals surface area contributed by atoms with Crippen LogP contribution < -0.4 is 5.32 Å². The van der Waals surface area contributed by atoms with E-state index in [4.69, 9.17) is 5.26 Å². The molecule has 0 aliphatic carbocycles. The lowest BCUT2D eigenvalue weighted by Gasteiger charge is -2.15. The number of rotatable bonds is 5. The van der Waals surface area contributed by atoms with Gasteiger partial charge in [-0.15, -0.1) is 0 Å². The van der Waals surface area contributed by atoms with Crippen LogP contribution in [0.15, 0.2) is 29.3 Å². The van der Waals surface area contributed by atoms with E-state index in [0.717, 1.165) is 29.8 Å². The second-order valence-corrected chi connectivity index (χ2v) is 8.25. The van der Waals surface area contributed by atoms with Crippen molar-refractivity contribution in [2.24, 2.45) is 13.0 Å². The SMILES string of the molecule is C[C@H](CS(=O)(=O)c1cn(C)c(C(=O)Nc2ccc(F)c(C#N)c2)c1F)C(F)(F)F.S. The maximum Gasteiger partial charge on any atom is 0.392 e. The van der Waals surface area contributed by atoms with Gasteiger partial charge in [-0.3, -0.25) is 4.79 Å². The van der Waals surface area contributed by atoms with Crippen LogP contribution in [0.5, 0.6) is 0 Å². The number of nitrogens with zero attached hydrogens (tertiary/aromatic N) is 2. The van der Waals surface area contributed by atoms with Gasteiger partial charge < -0.3 is 9.88 Å². The van der Waals surface area contributed by atoms with E-state index < -0.39 is 55.8 Å². The molecule has 2 aromatic rings. The van der Waals surface area contributed by atoms with Crippen molar-refractivity contribution < 1.29 is 35.2 Å². The molecular weight excluding hydrogens is 453 g/mol. The summed E-state index contributed by atoms with van der Waals surface area (Å²) in [6.07, 6.45) is -4.09. The van der Waals surface area contributed by atoms with E-state index in [2.05, 4.69) is 5.32 Å². The van der Waals surface area contributed by atoms with E-state index in [1.54, 1.807) is 6.07 Å². The van der Waals surface area contributed by atoms with Gasteiger partial charge >= 0.3 is 6.18 Å². The summed E-state index contributed by atoms with van der Waals surface area (Å²) < 4.78 is 91.2. The molecule has 0 saturated heterocycles. The lowest BCUT2D eigenvalue weighted by atomic mass is 10.2. The van der Waals surface area contributed by atoms with Crippen LogP contribution in [-0.2, 0) is 16.9 Å². The molecule has 0 radical (unpaired) electrons. The zero-order chi connectivity index (χ0) is 22.1. The van der Waals surface area contributed by atoms with Crippen LogP contribution in [0.25, 0.3) is 0 Å². The largest absolute Gasteiger partial charge is 0.392 e. The molecule has 0 spiro atoms. The molecule has 1 N–H and O–H groups in total. The number of aromatic nitrogens is 1. The number of carbonyl (C=O) groups excluding carboxylic acids is 1. The predicted molar refractivity (Wildman–Crippen MR) is 102 cm³/mol. The number of amides is 1. The van der Waals surface area contributed by atoms with E-state index >= 15 is 0 Å². The molecule has 1 aromatic carbocycles. The minimum absolute atomic E-state index is 0. The van der Waals surface area contributed by atoms with Crippen LogP contribution >= 0.6 is 13.5 Å². The maximum absolute atomic E-state index is 14.6. The van der Waals surface area contributed by atoms with Gasteiger partial charge in [0.1, 0.15) is 22.5 Å². The highest BCUT2D eigenvalue weighted by molar-refractivity contribution is 7.91. The van der Waals surface area contributed by atoms with Crippen molar-refractivity contribution in [2.75, 3.05) is 11.1 Å². The van der Waals surface area contributed by atoms with E-state index in [1.165, 1.54) is 0 Å². The van der Waals surface area contributed by atoms with E-state index in [9.17, 15) is 35.2 Å². The number of aryl methyl sites for hydroxylation is 1. The summed E-state index contributed by atoms with van der Waals surface area (Å²) in [5.41, 5.74) is -1.21. The van der Waals surface area contributed by atoms with Gasteiger partial charge in [-0.1, -0.05) is 6.92 Å². The minimum Gasteiger partial charge on any atom is -0.343 e. The van der Waals surface area contributed by atoms with Gasteiger partial charge in [0.2, 0.25) is 0 Å². The standard InChI is InChI=1S/C17H14F5N3O3S.H2S/c1-9(17(20,21)22)8-29(27,28)13-7-25(2)15(14(13)19)16(26)24-11-3-4-12(18)10(5-11)6-23;/h3-5,7,9H,8H2,1-2H3,(H,24,26);1H2/t9-;/m1./s1. The van der Waals surface area contributed by atoms with Crippen molar-refractivity contribution in [1.29, 1.82) is 5.26 Å². The number of nitriles is 1. The first-order valence-corrected chi connectivity index (χ1v) is 9.58. The number of hydrogen-bond acceptors (Lipinski definition) is 4. The van der Waals surface area contributed by atoms with Crippen LogP contribution in [-0.4, -0.2) is 30.8 Å². The second-order valence-electron chi connectivity index (χ2n) is 6.25. The summed E-state index contributed by atoms with van der Waals surface area (Å²) in [4.78, 5) is 11.3. The highest BCUT2D eigenvalue weighted by Crippen LogP contribution is 2.30. The predicted octanol–water partition coefficient (Wildman–Crippen LogP) is 3.51. The van der Waals surface area contributed by atoms with Crippen molar-refractivity contribution in [3.05, 3.63) is 47.3 Å². The van der Waals surface area contributed by atoms with Crippen molar-refractivity contribution in [3.8, 4) is 6.07 Å². The van der Waals surface area contributed by atoms with E-state index in [1.807, 2.05) is 0 Å². The average molecular weight is 469 g/mol. The summed E-state index contributed by atoms with van der Waals surface area (Å²) in [5, 5.41) is 11.0. The molecule has 2 rings (SSSR count). The third-order valence-electron chi connectivity index (χ3n) is 4.01. The highest BCUT2D eigenvalue weighted by atomic mass is 32.2.